The van der Waals surface area contributed by atoms with Gasteiger partial charge >= 0.3 is 0 Å². The first-order valence-corrected chi connectivity index (χ1v) is 10.7. The third-order valence-electron chi connectivity index (χ3n) is 4.62. The summed E-state index contributed by atoms with van der Waals surface area (Å²) in [5.74, 6) is 0.700. The summed E-state index contributed by atoms with van der Waals surface area (Å²) in [6, 6.07) is 7.59. The number of tetrazole rings is 1. The minimum Gasteiger partial charge on any atom is -0.492 e. The highest BCUT2D eigenvalue weighted by Crippen LogP contribution is 2.28. The molecular formula is C20H27N5O2S. The Labute approximate surface area is 169 Å². The molecule has 1 aromatic heterocycles. The first-order valence-electron chi connectivity index (χ1n) is 9.82. The van der Waals surface area contributed by atoms with Crippen LogP contribution in [0.3, 0.4) is 0 Å². The summed E-state index contributed by atoms with van der Waals surface area (Å²) < 4.78 is 7.29. The second-order valence-electron chi connectivity index (χ2n) is 6.68. The lowest BCUT2D eigenvalue weighted by Gasteiger charge is -2.15. The molecule has 0 aliphatic heterocycles. The minimum atomic E-state index is -0.302. The van der Waals surface area contributed by atoms with Crippen LogP contribution in [0, 0.1) is 0 Å². The van der Waals surface area contributed by atoms with Crippen LogP contribution in [0.4, 0.5) is 0 Å². The number of nitrogens with zero attached hydrogens (tertiary/aromatic N) is 4. The van der Waals surface area contributed by atoms with E-state index in [1.165, 1.54) is 36.6 Å². The Hall–Kier alpha value is -2.35. The van der Waals surface area contributed by atoms with Crippen molar-refractivity contribution in [2.45, 2.75) is 56.4 Å². The van der Waals surface area contributed by atoms with Crippen molar-refractivity contribution in [2.75, 3.05) is 13.2 Å². The van der Waals surface area contributed by atoms with E-state index in [1.54, 1.807) is 4.68 Å². The van der Waals surface area contributed by atoms with Gasteiger partial charge < -0.3 is 10.1 Å². The molecule has 1 N–H and O–H groups in total. The van der Waals surface area contributed by atoms with Gasteiger partial charge in [0, 0.05) is 6.54 Å². The third-order valence-corrected chi connectivity index (χ3v) is 5.65. The maximum Gasteiger partial charge on any atom is 0.233 e. The molecule has 1 aliphatic rings. The van der Waals surface area contributed by atoms with Gasteiger partial charge in [-0.05, 0) is 68.5 Å². The smallest absolute Gasteiger partial charge is 0.233 e. The molecule has 8 heteroatoms. The van der Waals surface area contributed by atoms with E-state index in [0.717, 1.165) is 18.5 Å². The molecule has 0 spiro atoms. The molecule has 1 atom stereocenters. The number of ether oxygens (including phenoxy) is 1. The molecule has 0 bridgehead atoms. The molecule has 1 amide bonds. The normalized spacial score (nSPS) is 15.0. The lowest BCUT2D eigenvalue weighted by Crippen LogP contribution is -2.32. The molecule has 2 aromatic rings. The first-order chi connectivity index (χ1) is 13.7. The zero-order chi connectivity index (χ0) is 19.8. The SMILES string of the molecule is CCOc1ccccc1-n1nnnc1S[C@@H](C)C(=O)NCCC1=CCCCC1. The van der Waals surface area contributed by atoms with E-state index in [4.69, 9.17) is 4.74 Å². The first kappa shape index (κ1) is 20.4. The molecule has 0 unspecified atom stereocenters. The third kappa shape index (κ3) is 5.34. The molecule has 0 fully saturated rings. The topological polar surface area (TPSA) is 81.9 Å². The van der Waals surface area contributed by atoms with Crippen LogP contribution in [-0.4, -0.2) is 44.5 Å². The van der Waals surface area contributed by atoms with Gasteiger partial charge in [0.05, 0.1) is 11.9 Å². The summed E-state index contributed by atoms with van der Waals surface area (Å²) in [5.41, 5.74) is 2.22. The molecular weight excluding hydrogens is 374 g/mol. The highest BCUT2D eigenvalue weighted by molar-refractivity contribution is 8.00. The average molecular weight is 402 g/mol. The van der Waals surface area contributed by atoms with E-state index >= 15 is 0 Å². The molecule has 0 radical (unpaired) electrons. The van der Waals surface area contributed by atoms with Crippen molar-refractivity contribution < 1.29 is 9.53 Å². The number of thioether (sulfide) groups is 1. The molecule has 1 aromatic carbocycles. The van der Waals surface area contributed by atoms with Crippen LogP contribution in [0.25, 0.3) is 5.69 Å². The number of aromatic nitrogens is 4. The zero-order valence-electron chi connectivity index (χ0n) is 16.4. The minimum absolute atomic E-state index is 0.00551. The predicted molar refractivity (Wildman–Crippen MR) is 110 cm³/mol. The lowest BCUT2D eigenvalue weighted by atomic mass is 9.97. The van der Waals surface area contributed by atoms with Crippen LogP contribution in [0.2, 0.25) is 0 Å². The Morgan fingerprint density at radius 2 is 2.21 bits per heavy atom. The maximum atomic E-state index is 12.5. The van der Waals surface area contributed by atoms with E-state index in [-0.39, 0.29) is 11.2 Å². The van der Waals surface area contributed by atoms with Gasteiger partial charge in [0.2, 0.25) is 11.1 Å². The largest absolute Gasteiger partial charge is 0.492 e. The number of benzene rings is 1. The van der Waals surface area contributed by atoms with Gasteiger partial charge in [0.1, 0.15) is 11.4 Å². The monoisotopic (exact) mass is 401 g/mol. The number of nitrogens with one attached hydrogen (secondary N) is 1. The van der Waals surface area contributed by atoms with Crippen molar-refractivity contribution >= 4 is 17.7 Å². The van der Waals surface area contributed by atoms with Crippen LogP contribution in [0.1, 0.15) is 46.0 Å². The van der Waals surface area contributed by atoms with Crippen LogP contribution < -0.4 is 10.1 Å². The fourth-order valence-corrected chi connectivity index (χ4v) is 3.97. The Bertz CT molecular complexity index is 820. The van der Waals surface area contributed by atoms with Crippen molar-refractivity contribution in [3.8, 4) is 11.4 Å². The number of carbonyl (C=O) groups excluding carboxylic acids is 1. The number of carbonyl (C=O) groups is 1. The van der Waals surface area contributed by atoms with Gasteiger partial charge in [-0.3, -0.25) is 4.79 Å². The van der Waals surface area contributed by atoms with E-state index in [2.05, 4.69) is 26.9 Å². The van der Waals surface area contributed by atoms with Gasteiger partial charge in [-0.1, -0.05) is 35.5 Å². The molecule has 1 aliphatic carbocycles. The Morgan fingerprint density at radius 1 is 1.36 bits per heavy atom. The maximum absolute atomic E-state index is 12.5. The van der Waals surface area contributed by atoms with E-state index in [9.17, 15) is 4.79 Å². The fourth-order valence-electron chi connectivity index (χ4n) is 3.15. The van der Waals surface area contributed by atoms with E-state index < -0.39 is 0 Å². The van der Waals surface area contributed by atoms with Crippen molar-refractivity contribution in [1.29, 1.82) is 0 Å². The molecule has 3 rings (SSSR count). The molecule has 7 nitrogen and oxygen atoms in total. The number of hydrogen-bond acceptors (Lipinski definition) is 6. The molecule has 28 heavy (non-hydrogen) atoms. The van der Waals surface area contributed by atoms with E-state index in [1.807, 2.05) is 38.1 Å². The van der Waals surface area contributed by atoms with Crippen LogP contribution >= 0.6 is 11.8 Å². The number of rotatable bonds is 9. The van der Waals surface area contributed by atoms with Crippen molar-refractivity contribution in [2.24, 2.45) is 0 Å². The Balaban J connectivity index is 1.59. The summed E-state index contributed by atoms with van der Waals surface area (Å²) in [6.07, 6.45) is 8.12. The van der Waals surface area contributed by atoms with Crippen molar-refractivity contribution in [1.82, 2.24) is 25.5 Å². The molecule has 0 saturated carbocycles. The highest BCUT2D eigenvalue weighted by Gasteiger charge is 2.20. The zero-order valence-corrected chi connectivity index (χ0v) is 17.2. The van der Waals surface area contributed by atoms with Gasteiger partial charge in [-0.15, -0.1) is 5.10 Å². The van der Waals surface area contributed by atoms with Gasteiger partial charge in [-0.2, -0.15) is 4.68 Å². The number of hydrogen-bond donors (Lipinski definition) is 1. The summed E-state index contributed by atoms with van der Waals surface area (Å²) in [4.78, 5) is 12.5. The number of para-hydroxylation sites is 2. The Kier molecular flexibility index (Phi) is 7.47. The van der Waals surface area contributed by atoms with Gasteiger partial charge in [0.15, 0.2) is 0 Å². The standard InChI is InChI=1S/C20H27N5O2S/c1-3-27-18-12-8-7-11-17(18)25-20(22-23-24-25)28-15(2)19(26)21-14-13-16-9-5-4-6-10-16/h7-9,11-12,15H,3-6,10,13-14H2,1-2H3,(H,21,26)/t15-/m0/s1. The Morgan fingerprint density at radius 3 is 3.00 bits per heavy atom. The van der Waals surface area contributed by atoms with Crippen LogP contribution in [0.5, 0.6) is 5.75 Å². The van der Waals surface area contributed by atoms with Crippen molar-refractivity contribution in [3.63, 3.8) is 0 Å². The summed E-state index contributed by atoms with van der Waals surface area (Å²) in [6.45, 7) is 5.03. The van der Waals surface area contributed by atoms with E-state index in [0.29, 0.717) is 24.1 Å². The summed E-state index contributed by atoms with van der Waals surface area (Å²) in [5, 5.41) is 15.2. The van der Waals surface area contributed by atoms with Crippen LogP contribution in [0.15, 0.2) is 41.1 Å². The van der Waals surface area contributed by atoms with Crippen molar-refractivity contribution in [3.05, 3.63) is 35.9 Å². The van der Waals surface area contributed by atoms with Gasteiger partial charge in [0.25, 0.3) is 0 Å². The molecule has 150 valence electrons. The molecule has 1 heterocycles. The van der Waals surface area contributed by atoms with Crippen LogP contribution in [-0.2, 0) is 4.79 Å². The number of allylic oxidation sites excluding steroid dienone is 1. The predicted octanol–water partition coefficient (Wildman–Crippen LogP) is 3.55. The summed E-state index contributed by atoms with van der Waals surface area (Å²) >= 11 is 1.34. The van der Waals surface area contributed by atoms with Gasteiger partial charge in [-0.25, -0.2) is 0 Å². The second kappa shape index (κ2) is 10.3. The molecule has 0 saturated heterocycles. The fraction of sp³-hybridized carbons (Fsp3) is 0.500. The highest BCUT2D eigenvalue weighted by atomic mass is 32.2. The number of amides is 1. The lowest BCUT2D eigenvalue weighted by molar-refractivity contribution is -0.120. The quantitative estimate of drug-likeness (QED) is 0.511. The second-order valence-corrected chi connectivity index (χ2v) is 7.99. The average Bonchev–Trinajstić information content (AvgIpc) is 3.17. The summed E-state index contributed by atoms with van der Waals surface area (Å²) in [7, 11) is 0.